The Morgan fingerprint density at radius 3 is 2.12 bits per heavy atom. The van der Waals surface area contributed by atoms with Gasteiger partial charge in [-0.05, 0) is 67.1 Å². The molecule has 0 heterocycles. The first-order valence-electron chi connectivity index (χ1n) is 9.29. The van der Waals surface area contributed by atoms with Crippen LogP contribution in [0.2, 0.25) is 5.02 Å². The molecule has 0 spiro atoms. The van der Waals surface area contributed by atoms with Crippen molar-refractivity contribution in [2.24, 2.45) is 0 Å². The van der Waals surface area contributed by atoms with E-state index in [0.29, 0.717) is 16.3 Å². The highest BCUT2D eigenvalue weighted by Gasteiger charge is 2.30. The van der Waals surface area contributed by atoms with Crippen LogP contribution in [0.25, 0.3) is 0 Å². The van der Waals surface area contributed by atoms with Gasteiger partial charge in [-0.2, -0.15) is 13.2 Å². The van der Waals surface area contributed by atoms with Crippen molar-refractivity contribution in [3.63, 3.8) is 0 Å². The molecule has 0 aliphatic rings. The second-order valence-corrected chi connectivity index (χ2v) is 9.17. The number of anilines is 2. The average molecular weight is 483 g/mol. The van der Waals surface area contributed by atoms with Gasteiger partial charge in [0.15, 0.2) is 0 Å². The summed E-state index contributed by atoms with van der Waals surface area (Å²) >= 11 is 5.85. The molecule has 168 valence electrons. The van der Waals surface area contributed by atoms with E-state index in [4.69, 9.17) is 11.6 Å². The highest BCUT2D eigenvalue weighted by atomic mass is 35.5. The summed E-state index contributed by atoms with van der Waals surface area (Å²) in [6, 6.07) is 16.0. The fourth-order valence-corrected chi connectivity index (χ4v) is 4.56. The molecule has 3 rings (SSSR count). The van der Waals surface area contributed by atoms with E-state index in [2.05, 4.69) is 5.32 Å². The number of hydrogen-bond donors (Lipinski definition) is 1. The summed E-state index contributed by atoms with van der Waals surface area (Å²) in [6.07, 6.45) is -4.50. The molecule has 5 nitrogen and oxygen atoms in total. The number of hydrogen-bond acceptors (Lipinski definition) is 3. The van der Waals surface area contributed by atoms with Gasteiger partial charge in [-0.1, -0.05) is 29.8 Å². The second-order valence-electron chi connectivity index (χ2n) is 6.88. The molecule has 3 aromatic rings. The number of amides is 1. The molecule has 0 fully saturated rings. The molecule has 1 N–H and O–H groups in total. The van der Waals surface area contributed by atoms with Gasteiger partial charge in [0.2, 0.25) is 5.91 Å². The van der Waals surface area contributed by atoms with Gasteiger partial charge in [0.25, 0.3) is 10.0 Å². The maximum absolute atomic E-state index is 13.3. The van der Waals surface area contributed by atoms with Gasteiger partial charge in [-0.25, -0.2) is 8.42 Å². The van der Waals surface area contributed by atoms with Crippen molar-refractivity contribution in [3.8, 4) is 0 Å². The lowest BCUT2D eigenvalue weighted by atomic mass is 10.2. The van der Waals surface area contributed by atoms with E-state index in [1.54, 1.807) is 31.2 Å². The summed E-state index contributed by atoms with van der Waals surface area (Å²) in [5, 5.41) is 2.79. The zero-order chi connectivity index (χ0) is 23.5. The number of nitrogens with one attached hydrogen (secondary N) is 1. The number of rotatable bonds is 6. The Labute approximate surface area is 188 Å². The minimum atomic E-state index is -4.50. The van der Waals surface area contributed by atoms with E-state index in [1.165, 1.54) is 24.3 Å². The van der Waals surface area contributed by atoms with E-state index in [1.807, 2.05) is 0 Å². The van der Waals surface area contributed by atoms with Crippen LogP contribution in [0.1, 0.15) is 11.1 Å². The van der Waals surface area contributed by atoms with Crippen LogP contribution < -0.4 is 9.62 Å². The Morgan fingerprint density at radius 1 is 0.969 bits per heavy atom. The van der Waals surface area contributed by atoms with Gasteiger partial charge < -0.3 is 5.32 Å². The Morgan fingerprint density at radius 2 is 1.56 bits per heavy atom. The molecule has 0 atom stereocenters. The lowest BCUT2D eigenvalue weighted by Gasteiger charge is -2.25. The maximum Gasteiger partial charge on any atom is 0.416 e. The van der Waals surface area contributed by atoms with Crippen molar-refractivity contribution in [1.82, 2.24) is 0 Å². The summed E-state index contributed by atoms with van der Waals surface area (Å²) in [7, 11) is -4.14. The Bertz CT molecular complexity index is 1210. The van der Waals surface area contributed by atoms with Crippen LogP contribution in [0, 0.1) is 6.92 Å². The second kappa shape index (κ2) is 9.22. The van der Waals surface area contributed by atoms with Crippen molar-refractivity contribution < 1.29 is 26.4 Å². The van der Waals surface area contributed by atoms with E-state index >= 15 is 0 Å². The molecule has 0 unspecified atom stereocenters. The van der Waals surface area contributed by atoms with E-state index in [0.717, 1.165) is 28.6 Å². The van der Waals surface area contributed by atoms with Crippen molar-refractivity contribution in [2.45, 2.75) is 18.0 Å². The predicted molar refractivity (Wildman–Crippen MR) is 117 cm³/mol. The van der Waals surface area contributed by atoms with Crippen LogP contribution in [0.15, 0.2) is 77.7 Å². The largest absolute Gasteiger partial charge is 0.416 e. The number of sulfonamides is 1. The molecule has 3 aromatic carbocycles. The quantitative estimate of drug-likeness (QED) is 0.504. The van der Waals surface area contributed by atoms with Crippen molar-refractivity contribution >= 4 is 38.9 Å². The number of aryl methyl sites for hydroxylation is 1. The van der Waals surface area contributed by atoms with Crippen LogP contribution in [-0.2, 0) is 21.0 Å². The third kappa shape index (κ3) is 5.41. The number of halogens is 4. The standard InChI is InChI=1S/C22H18ClF3N2O3S/c1-15-4-2-3-5-20(15)28(32(30,31)19-12-8-17(23)9-13-19)14-21(29)27-18-10-6-16(7-11-18)22(24,25)26/h2-13H,14H2,1H3,(H,27,29). The van der Waals surface area contributed by atoms with E-state index in [9.17, 15) is 26.4 Å². The van der Waals surface area contributed by atoms with Gasteiger partial charge in [0.1, 0.15) is 6.54 Å². The zero-order valence-electron chi connectivity index (χ0n) is 16.7. The van der Waals surface area contributed by atoms with Crippen molar-refractivity contribution in [2.75, 3.05) is 16.2 Å². The molecular weight excluding hydrogens is 465 g/mol. The topological polar surface area (TPSA) is 66.5 Å². The fourth-order valence-electron chi connectivity index (χ4n) is 2.95. The Kier molecular flexibility index (Phi) is 6.80. The molecule has 0 aromatic heterocycles. The zero-order valence-corrected chi connectivity index (χ0v) is 18.3. The summed E-state index contributed by atoms with van der Waals surface area (Å²) in [6.45, 7) is 1.12. The van der Waals surface area contributed by atoms with Crippen LogP contribution >= 0.6 is 11.6 Å². The predicted octanol–water partition coefficient (Wildman–Crippen LogP) is 5.50. The summed E-state index contributed by atoms with van der Waals surface area (Å²) < 4.78 is 65.8. The van der Waals surface area contributed by atoms with E-state index in [-0.39, 0.29) is 10.6 Å². The molecule has 0 bridgehead atoms. The molecule has 0 saturated carbocycles. The monoisotopic (exact) mass is 482 g/mol. The van der Waals surface area contributed by atoms with Gasteiger partial charge >= 0.3 is 6.18 Å². The van der Waals surface area contributed by atoms with Gasteiger partial charge in [-0.3, -0.25) is 9.10 Å². The molecule has 0 saturated heterocycles. The molecule has 0 radical (unpaired) electrons. The number of nitrogens with zero attached hydrogens (tertiary/aromatic N) is 1. The first-order chi connectivity index (χ1) is 15.0. The molecule has 0 aliphatic carbocycles. The fraction of sp³-hybridized carbons (Fsp3) is 0.136. The third-order valence-electron chi connectivity index (χ3n) is 4.57. The first kappa shape index (κ1) is 23.6. The molecule has 32 heavy (non-hydrogen) atoms. The van der Waals surface area contributed by atoms with Crippen LogP contribution in [0.5, 0.6) is 0 Å². The molecule has 0 aliphatic heterocycles. The average Bonchev–Trinajstić information content (AvgIpc) is 2.72. The Hall–Kier alpha value is -3.04. The number of carbonyl (C=O) groups excluding carboxylic acids is 1. The van der Waals surface area contributed by atoms with E-state index < -0.39 is 34.2 Å². The Balaban J connectivity index is 1.90. The number of benzene rings is 3. The van der Waals surface area contributed by atoms with Crippen LogP contribution in [0.4, 0.5) is 24.5 Å². The van der Waals surface area contributed by atoms with Crippen LogP contribution in [-0.4, -0.2) is 20.9 Å². The molecule has 1 amide bonds. The molecule has 10 heteroatoms. The summed E-state index contributed by atoms with van der Waals surface area (Å²) in [4.78, 5) is 12.6. The number of para-hydroxylation sites is 1. The maximum atomic E-state index is 13.3. The van der Waals surface area contributed by atoms with Gasteiger partial charge in [-0.15, -0.1) is 0 Å². The van der Waals surface area contributed by atoms with Crippen LogP contribution in [0.3, 0.4) is 0 Å². The number of carbonyl (C=O) groups is 1. The van der Waals surface area contributed by atoms with Gasteiger partial charge in [0, 0.05) is 10.7 Å². The summed E-state index contributed by atoms with van der Waals surface area (Å²) in [5.74, 6) is -0.717. The smallest absolute Gasteiger partial charge is 0.325 e. The lowest BCUT2D eigenvalue weighted by molar-refractivity contribution is -0.137. The molecular formula is C22H18ClF3N2O3S. The summed E-state index contributed by atoms with van der Waals surface area (Å²) in [5.41, 5.74) is 0.163. The minimum Gasteiger partial charge on any atom is -0.325 e. The van der Waals surface area contributed by atoms with Gasteiger partial charge in [0.05, 0.1) is 16.1 Å². The SMILES string of the molecule is Cc1ccccc1N(CC(=O)Nc1ccc(C(F)(F)F)cc1)S(=O)(=O)c1ccc(Cl)cc1. The highest BCUT2D eigenvalue weighted by Crippen LogP contribution is 2.30. The first-order valence-corrected chi connectivity index (χ1v) is 11.1. The minimum absolute atomic E-state index is 0.0625. The van der Waals surface area contributed by atoms with Crippen molar-refractivity contribution in [1.29, 1.82) is 0 Å². The normalized spacial score (nSPS) is 11.8. The highest BCUT2D eigenvalue weighted by molar-refractivity contribution is 7.92. The third-order valence-corrected chi connectivity index (χ3v) is 6.59. The lowest BCUT2D eigenvalue weighted by Crippen LogP contribution is -2.38. The van der Waals surface area contributed by atoms with Crippen molar-refractivity contribution in [3.05, 3.63) is 88.9 Å². The number of alkyl halides is 3.